The summed E-state index contributed by atoms with van der Waals surface area (Å²) in [6.07, 6.45) is 3.40. The summed E-state index contributed by atoms with van der Waals surface area (Å²) < 4.78 is 27.0. The average molecular weight is 356 g/mol. The van der Waals surface area contributed by atoms with Gasteiger partial charge in [-0.2, -0.15) is 0 Å². The molecule has 0 spiro atoms. The summed E-state index contributed by atoms with van der Waals surface area (Å²) in [6, 6.07) is 14.5. The van der Waals surface area contributed by atoms with E-state index >= 15 is 0 Å². The fourth-order valence-corrected chi connectivity index (χ4v) is 3.74. The summed E-state index contributed by atoms with van der Waals surface area (Å²) in [6.45, 7) is 0.387. The number of halogens is 1. The molecule has 0 amide bonds. The quantitative estimate of drug-likeness (QED) is 0.603. The highest BCUT2D eigenvalue weighted by Crippen LogP contribution is 2.18. The van der Waals surface area contributed by atoms with Crippen molar-refractivity contribution in [2.24, 2.45) is 0 Å². The predicted octanol–water partition coefficient (Wildman–Crippen LogP) is 3.97. The monoisotopic (exact) mass is 355 g/mol. The van der Waals surface area contributed by atoms with Crippen molar-refractivity contribution in [2.75, 3.05) is 12.8 Å². The molecule has 0 unspecified atom stereocenters. The lowest BCUT2D eigenvalue weighted by atomic mass is 10.1. The maximum atomic E-state index is 12.2. The molecule has 2 aromatic rings. The Morgan fingerprint density at radius 1 is 1.09 bits per heavy atom. The van der Waals surface area contributed by atoms with E-state index in [0.717, 1.165) is 21.9 Å². The molecule has 2 rings (SSSR count). The van der Waals surface area contributed by atoms with E-state index in [9.17, 15) is 8.42 Å². The maximum absolute atomic E-state index is 12.2. The van der Waals surface area contributed by atoms with Crippen LogP contribution in [0, 0.1) is 0 Å². The van der Waals surface area contributed by atoms with E-state index in [1.165, 1.54) is 0 Å². The summed E-state index contributed by atoms with van der Waals surface area (Å²) >= 11 is 7.66. The molecule has 0 fully saturated rings. The second kappa shape index (κ2) is 8.02. The van der Waals surface area contributed by atoms with Gasteiger partial charge < -0.3 is 0 Å². The molecule has 0 saturated carbocycles. The molecule has 0 aliphatic carbocycles. The number of hydrogen-bond donors (Lipinski definition) is 1. The van der Waals surface area contributed by atoms with E-state index in [0.29, 0.717) is 17.9 Å². The lowest BCUT2D eigenvalue weighted by molar-refractivity contribution is 0.579. The number of thioether (sulfide) groups is 1. The molecular weight excluding hydrogens is 338 g/mol. The van der Waals surface area contributed by atoms with E-state index < -0.39 is 10.0 Å². The third-order valence-corrected chi connectivity index (χ3v) is 5.83. The van der Waals surface area contributed by atoms with E-state index in [1.54, 1.807) is 23.9 Å². The zero-order valence-electron chi connectivity index (χ0n) is 12.3. The van der Waals surface area contributed by atoms with Gasteiger partial charge >= 0.3 is 0 Å². The number of hydrogen-bond acceptors (Lipinski definition) is 3. The Balaban J connectivity index is 1.88. The van der Waals surface area contributed by atoms with Gasteiger partial charge in [0.05, 0.1) is 4.90 Å². The van der Waals surface area contributed by atoms with Gasteiger partial charge in [0, 0.05) is 16.5 Å². The van der Waals surface area contributed by atoms with Crippen LogP contribution in [0.2, 0.25) is 5.02 Å². The van der Waals surface area contributed by atoms with Gasteiger partial charge in [0.1, 0.15) is 0 Å². The van der Waals surface area contributed by atoms with Crippen LogP contribution in [0.3, 0.4) is 0 Å². The van der Waals surface area contributed by atoms with Gasteiger partial charge in [-0.3, -0.25) is 0 Å². The first-order valence-corrected chi connectivity index (χ1v) is 9.98. The van der Waals surface area contributed by atoms with Gasteiger partial charge in [0.25, 0.3) is 0 Å². The number of rotatable bonds is 7. The Bertz CT molecular complexity index is 715. The van der Waals surface area contributed by atoms with Crippen LogP contribution in [0.4, 0.5) is 0 Å². The van der Waals surface area contributed by atoms with Crippen molar-refractivity contribution >= 4 is 33.4 Å². The van der Waals surface area contributed by atoms with Crippen LogP contribution in [-0.2, 0) is 16.4 Å². The van der Waals surface area contributed by atoms with E-state index in [-0.39, 0.29) is 0 Å². The molecule has 0 bridgehead atoms. The highest BCUT2D eigenvalue weighted by atomic mass is 35.5. The molecule has 0 radical (unpaired) electrons. The minimum Gasteiger partial charge on any atom is -0.211 e. The molecule has 0 aromatic heterocycles. The molecular formula is C16H18ClNO2S2. The topological polar surface area (TPSA) is 46.2 Å². The molecule has 3 nitrogen and oxygen atoms in total. The summed E-state index contributed by atoms with van der Waals surface area (Å²) in [7, 11) is -3.44. The van der Waals surface area contributed by atoms with Crippen LogP contribution in [0.15, 0.2) is 58.3 Å². The fraction of sp³-hybridized carbons (Fsp3) is 0.250. The summed E-state index contributed by atoms with van der Waals surface area (Å²) in [5.74, 6) is 0. The van der Waals surface area contributed by atoms with Crippen molar-refractivity contribution in [2.45, 2.75) is 22.6 Å². The van der Waals surface area contributed by atoms with E-state index in [4.69, 9.17) is 11.6 Å². The molecule has 0 atom stereocenters. The standard InChI is InChI=1S/C16H18ClNO2S2/c1-21-14-8-10-15(11-9-14)22(19,20)18-12-4-6-13-5-2-3-7-16(13)17/h2-3,5,7-11,18H,4,6,12H2,1H3. The lowest BCUT2D eigenvalue weighted by Gasteiger charge is -2.08. The molecule has 1 N–H and O–H groups in total. The lowest BCUT2D eigenvalue weighted by Crippen LogP contribution is -2.25. The van der Waals surface area contributed by atoms with Gasteiger partial charge in [-0.05, 0) is 55.0 Å². The van der Waals surface area contributed by atoms with Gasteiger partial charge in [0.2, 0.25) is 10.0 Å². The average Bonchev–Trinajstić information content (AvgIpc) is 2.53. The second-order valence-corrected chi connectivity index (χ2v) is 7.82. The molecule has 2 aromatic carbocycles. The molecule has 0 aliphatic heterocycles. The zero-order valence-corrected chi connectivity index (χ0v) is 14.6. The van der Waals surface area contributed by atoms with Crippen molar-refractivity contribution in [3.05, 3.63) is 59.1 Å². The Morgan fingerprint density at radius 3 is 2.41 bits per heavy atom. The Kier molecular flexibility index (Phi) is 6.32. The first-order chi connectivity index (χ1) is 10.5. The Labute approximate surface area is 141 Å². The zero-order chi connectivity index (χ0) is 16.0. The maximum Gasteiger partial charge on any atom is 0.240 e. The van der Waals surface area contributed by atoms with Crippen molar-refractivity contribution in [1.29, 1.82) is 0 Å². The van der Waals surface area contributed by atoms with Crippen LogP contribution < -0.4 is 4.72 Å². The number of sulfonamides is 1. The normalized spacial score (nSPS) is 11.5. The summed E-state index contributed by atoms with van der Waals surface area (Å²) in [4.78, 5) is 1.33. The molecule has 22 heavy (non-hydrogen) atoms. The van der Waals surface area contributed by atoms with Crippen LogP contribution in [0.5, 0.6) is 0 Å². The van der Waals surface area contributed by atoms with Gasteiger partial charge in [-0.25, -0.2) is 13.1 Å². The number of nitrogens with one attached hydrogen (secondary N) is 1. The van der Waals surface area contributed by atoms with Crippen molar-refractivity contribution in [1.82, 2.24) is 4.72 Å². The smallest absolute Gasteiger partial charge is 0.211 e. The number of benzene rings is 2. The minimum atomic E-state index is -3.44. The van der Waals surface area contributed by atoms with Crippen LogP contribution in [0.1, 0.15) is 12.0 Å². The van der Waals surface area contributed by atoms with Gasteiger partial charge in [0.15, 0.2) is 0 Å². The highest BCUT2D eigenvalue weighted by Gasteiger charge is 2.12. The second-order valence-electron chi connectivity index (χ2n) is 4.77. The molecule has 118 valence electrons. The van der Waals surface area contributed by atoms with Gasteiger partial charge in [-0.1, -0.05) is 29.8 Å². The molecule has 0 heterocycles. The van der Waals surface area contributed by atoms with Gasteiger partial charge in [-0.15, -0.1) is 11.8 Å². The minimum absolute atomic E-state index is 0.294. The highest BCUT2D eigenvalue weighted by molar-refractivity contribution is 7.98. The predicted molar refractivity (Wildman–Crippen MR) is 93.2 cm³/mol. The van der Waals surface area contributed by atoms with Crippen molar-refractivity contribution in [3.63, 3.8) is 0 Å². The summed E-state index contributed by atoms with van der Waals surface area (Å²) in [5, 5.41) is 0.720. The summed E-state index contributed by atoms with van der Waals surface area (Å²) in [5.41, 5.74) is 1.03. The van der Waals surface area contributed by atoms with Crippen molar-refractivity contribution in [3.8, 4) is 0 Å². The fourth-order valence-electron chi connectivity index (χ4n) is 2.02. The van der Waals surface area contributed by atoms with Crippen LogP contribution in [-0.4, -0.2) is 21.2 Å². The first kappa shape index (κ1) is 17.3. The molecule has 0 saturated heterocycles. The Morgan fingerprint density at radius 2 is 1.77 bits per heavy atom. The van der Waals surface area contributed by atoms with Crippen molar-refractivity contribution < 1.29 is 8.42 Å². The molecule has 6 heteroatoms. The van der Waals surface area contributed by atoms with Crippen LogP contribution in [0.25, 0.3) is 0 Å². The van der Waals surface area contributed by atoms with E-state index in [1.807, 2.05) is 42.7 Å². The third kappa shape index (κ3) is 4.74. The largest absolute Gasteiger partial charge is 0.240 e. The number of aryl methyl sites for hydroxylation is 1. The molecule has 0 aliphatic rings. The van der Waals surface area contributed by atoms with Crippen LogP contribution >= 0.6 is 23.4 Å². The van der Waals surface area contributed by atoms with E-state index in [2.05, 4.69) is 4.72 Å². The SMILES string of the molecule is CSc1ccc(S(=O)(=O)NCCCc2ccccc2Cl)cc1. The Hall–Kier alpha value is -1.01. The third-order valence-electron chi connectivity index (χ3n) is 3.24. The first-order valence-electron chi connectivity index (χ1n) is 6.90.